The summed E-state index contributed by atoms with van der Waals surface area (Å²) in [5.41, 5.74) is 3.13. The molecule has 1 saturated heterocycles. The van der Waals surface area contributed by atoms with E-state index in [0.29, 0.717) is 35.0 Å². The first-order valence-corrected chi connectivity index (χ1v) is 10.4. The lowest BCUT2D eigenvalue weighted by molar-refractivity contribution is -0.147. The van der Waals surface area contributed by atoms with E-state index in [0.717, 1.165) is 24.4 Å². The zero-order valence-electron chi connectivity index (χ0n) is 17.5. The van der Waals surface area contributed by atoms with E-state index in [9.17, 15) is 19.2 Å². The Morgan fingerprint density at radius 3 is 2.72 bits per heavy atom. The first-order valence-electron chi connectivity index (χ1n) is 10.4. The van der Waals surface area contributed by atoms with Crippen LogP contribution >= 0.6 is 0 Å². The van der Waals surface area contributed by atoms with Crippen LogP contribution in [0.3, 0.4) is 0 Å². The molecule has 4 rings (SSSR count). The van der Waals surface area contributed by atoms with Gasteiger partial charge in [-0.25, -0.2) is 14.6 Å². The van der Waals surface area contributed by atoms with Crippen molar-refractivity contribution >= 4 is 40.9 Å². The minimum absolute atomic E-state index is 0.455. The number of hydrazine groups is 1. The molecule has 1 saturated carbocycles. The van der Waals surface area contributed by atoms with Gasteiger partial charge < -0.3 is 10.1 Å². The van der Waals surface area contributed by atoms with Crippen molar-refractivity contribution in [1.29, 1.82) is 0 Å². The van der Waals surface area contributed by atoms with Gasteiger partial charge in [0.1, 0.15) is 5.54 Å². The van der Waals surface area contributed by atoms with E-state index in [-0.39, 0.29) is 0 Å². The van der Waals surface area contributed by atoms with Crippen molar-refractivity contribution in [2.75, 3.05) is 6.61 Å². The van der Waals surface area contributed by atoms with E-state index in [2.05, 4.69) is 27.6 Å². The van der Waals surface area contributed by atoms with Gasteiger partial charge in [-0.2, -0.15) is 5.01 Å². The standard InChI is InChI=1S/C22H23N5O5/c1-14-8-10-22(11-9-14)20(30)27(21(31)25-22)26-18(28)13-32-19(29)7-6-15-12-23-16-4-2-3-5-17(16)24-15/h2-7,12,14H,8-11,13H2,1H3,(H,25,31)(H,26,28)/b7-6+. The molecule has 166 valence electrons. The maximum atomic E-state index is 12.7. The van der Waals surface area contributed by atoms with Gasteiger partial charge in [-0.05, 0) is 49.8 Å². The summed E-state index contributed by atoms with van der Waals surface area (Å²) in [4.78, 5) is 57.6. The number of hydrogen-bond acceptors (Lipinski definition) is 7. The van der Waals surface area contributed by atoms with Gasteiger partial charge in [0.05, 0.1) is 22.9 Å². The highest BCUT2D eigenvalue weighted by molar-refractivity contribution is 6.08. The van der Waals surface area contributed by atoms with Gasteiger partial charge in [0.2, 0.25) is 0 Å². The van der Waals surface area contributed by atoms with Crippen molar-refractivity contribution in [3.63, 3.8) is 0 Å². The second-order valence-corrected chi connectivity index (χ2v) is 8.09. The summed E-state index contributed by atoms with van der Waals surface area (Å²) in [6.07, 6.45) is 6.75. The molecule has 10 heteroatoms. The number of hydrogen-bond donors (Lipinski definition) is 2. The van der Waals surface area contributed by atoms with Gasteiger partial charge in [0, 0.05) is 6.08 Å². The maximum absolute atomic E-state index is 12.7. The molecule has 1 aliphatic carbocycles. The Morgan fingerprint density at radius 2 is 1.97 bits per heavy atom. The molecule has 1 aliphatic heterocycles. The predicted octanol–water partition coefficient (Wildman–Crippen LogP) is 1.72. The van der Waals surface area contributed by atoms with Gasteiger partial charge in [-0.3, -0.25) is 20.0 Å². The van der Waals surface area contributed by atoms with Crippen molar-refractivity contribution < 1.29 is 23.9 Å². The van der Waals surface area contributed by atoms with Crippen LogP contribution in [0, 0.1) is 5.92 Å². The largest absolute Gasteiger partial charge is 0.452 e. The van der Waals surface area contributed by atoms with Crippen LogP contribution in [0.1, 0.15) is 38.3 Å². The molecule has 0 bridgehead atoms. The van der Waals surface area contributed by atoms with Crippen LogP contribution in [0.15, 0.2) is 36.5 Å². The third-order valence-electron chi connectivity index (χ3n) is 5.73. The van der Waals surface area contributed by atoms with Crippen molar-refractivity contribution in [2.24, 2.45) is 5.92 Å². The van der Waals surface area contributed by atoms with Crippen LogP contribution in [0.25, 0.3) is 17.1 Å². The number of imide groups is 1. The highest BCUT2D eigenvalue weighted by atomic mass is 16.5. The van der Waals surface area contributed by atoms with Crippen molar-refractivity contribution in [1.82, 2.24) is 25.7 Å². The Morgan fingerprint density at radius 1 is 1.25 bits per heavy atom. The fourth-order valence-electron chi connectivity index (χ4n) is 3.86. The van der Waals surface area contributed by atoms with E-state index in [1.165, 1.54) is 12.3 Å². The number of ether oxygens (including phenoxy) is 1. The molecule has 1 aromatic heterocycles. The van der Waals surface area contributed by atoms with E-state index in [1.807, 2.05) is 18.2 Å². The number of benzene rings is 1. The summed E-state index contributed by atoms with van der Waals surface area (Å²) in [7, 11) is 0. The molecule has 1 aromatic carbocycles. The molecular formula is C22H23N5O5. The zero-order valence-corrected chi connectivity index (χ0v) is 17.5. The fourth-order valence-corrected chi connectivity index (χ4v) is 3.86. The lowest BCUT2D eigenvalue weighted by Gasteiger charge is -2.33. The Kier molecular flexibility index (Phi) is 5.85. The number of nitrogens with zero attached hydrogens (tertiary/aromatic N) is 3. The van der Waals surface area contributed by atoms with E-state index in [4.69, 9.17) is 4.74 Å². The first kappa shape index (κ1) is 21.4. The fraction of sp³-hybridized carbons (Fsp3) is 0.364. The van der Waals surface area contributed by atoms with Crippen molar-refractivity contribution in [3.05, 3.63) is 42.2 Å². The van der Waals surface area contributed by atoms with Gasteiger partial charge in [0.15, 0.2) is 6.61 Å². The summed E-state index contributed by atoms with van der Waals surface area (Å²) in [5.74, 6) is -1.56. The Bertz CT molecular complexity index is 1110. The highest BCUT2D eigenvalue weighted by Crippen LogP contribution is 2.35. The van der Waals surface area contributed by atoms with Gasteiger partial charge in [0.25, 0.3) is 11.8 Å². The SMILES string of the molecule is CC1CCC2(CC1)NC(=O)N(NC(=O)COC(=O)/C=C/c1cnc3ccccc3n1)C2=O. The number of rotatable bonds is 5. The Balaban J connectivity index is 1.28. The predicted molar refractivity (Wildman–Crippen MR) is 113 cm³/mol. The molecule has 2 N–H and O–H groups in total. The molecule has 0 unspecified atom stereocenters. The molecule has 2 aliphatic rings. The number of fused-ring (bicyclic) bond motifs is 1. The zero-order chi connectivity index (χ0) is 22.7. The Labute approximate surface area is 184 Å². The minimum atomic E-state index is -0.961. The van der Waals surface area contributed by atoms with E-state index >= 15 is 0 Å². The molecule has 0 radical (unpaired) electrons. The number of aromatic nitrogens is 2. The summed E-state index contributed by atoms with van der Waals surface area (Å²) in [6.45, 7) is 1.46. The average molecular weight is 437 g/mol. The summed E-state index contributed by atoms with van der Waals surface area (Å²) < 4.78 is 4.89. The lowest BCUT2D eigenvalue weighted by Crippen LogP contribution is -2.52. The van der Waals surface area contributed by atoms with Crippen molar-refractivity contribution in [3.8, 4) is 0 Å². The number of nitrogens with one attached hydrogen (secondary N) is 2. The van der Waals surface area contributed by atoms with Crippen LogP contribution in [-0.2, 0) is 19.1 Å². The monoisotopic (exact) mass is 437 g/mol. The minimum Gasteiger partial charge on any atom is -0.452 e. The Hall–Kier alpha value is -3.82. The van der Waals surface area contributed by atoms with E-state index < -0.39 is 36.0 Å². The van der Waals surface area contributed by atoms with Gasteiger partial charge in [-0.1, -0.05) is 19.1 Å². The molecule has 2 fully saturated rings. The van der Waals surface area contributed by atoms with Crippen LogP contribution < -0.4 is 10.7 Å². The topological polar surface area (TPSA) is 131 Å². The number of carbonyl (C=O) groups excluding carboxylic acids is 4. The number of carbonyl (C=O) groups is 4. The summed E-state index contributed by atoms with van der Waals surface area (Å²) in [6, 6.07) is 6.63. The molecule has 2 aromatic rings. The van der Waals surface area contributed by atoms with Crippen LogP contribution in [-0.4, -0.2) is 50.9 Å². The quantitative estimate of drug-likeness (QED) is 0.414. The average Bonchev–Trinajstić information content (AvgIpc) is 3.02. The second-order valence-electron chi connectivity index (χ2n) is 8.09. The van der Waals surface area contributed by atoms with Crippen LogP contribution in [0.5, 0.6) is 0 Å². The molecule has 10 nitrogen and oxygen atoms in total. The highest BCUT2D eigenvalue weighted by Gasteiger charge is 2.52. The third-order valence-corrected chi connectivity index (χ3v) is 5.73. The molecule has 32 heavy (non-hydrogen) atoms. The molecule has 4 amide bonds. The summed E-state index contributed by atoms with van der Waals surface area (Å²) >= 11 is 0. The van der Waals surface area contributed by atoms with Gasteiger partial charge in [-0.15, -0.1) is 0 Å². The van der Waals surface area contributed by atoms with Crippen molar-refractivity contribution in [2.45, 2.75) is 38.1 Å². The maximum Gasteiger partial charge on any atom is 0.344 e. The van der Waals surface area contributed by atoms with Crippen LogP contribution in [0.4, 0.5) is 4.79 Å². The number of amides is 4. The normalized spacial score (nSPS) is 23.0. The second kappa shape index (κ2) is 8.74. The number of para-hydroxylation sites is 2. The smallest absolute Gasteiger partial charge is 0.344 e. The number of esters is 1. The summed E-state index contributed by atoms with van der Waals surface area (Å²) in [5, 5.41) is 3.38. The van der Waals surface area contributed by atoms with Crippen LogP contribution in [0.2, 0.25) is 0 Å². The van der Waals surface area contributed by atoms with Gasteiger partial charge >= 0.3 is 12.0 Å². The molecule has 2 heterocycles. The molecule has 1 spiro atoms. The third kappa shape index (κ3) is 4.43. The number of urea groups is 1. The molecular weight excluding hydrogens is 414 g/mol. The lowest BCUT2D eigenvalue weighted by atomic mass is 9.77. The first-order chi connectivity index (χ1) is 15.4. The molecule has 0 atom stereocenters. The van der Waals surface area contributed by atoms with E-state index in [1.54, 1.807) is 6.07 Å².